The highest BCUT2D eigenvalue weighted by atomic mass is 19.4. The van der Waals surface area contributed by atoms with Crippen molar-refractivity contribution in [2.24, 2.45) is 5.92 Å². The van der Waals surface area contributed by atoms with Crippen LogP contribution >= 0.6 is 0 Å². The Morgan fingerprint density at radius 3 is 2.70 bits per heavy atom. The summed E-state index contributed by atoms with van der Waals surface area (Å²) >= 11 is 0. The average Bonchev–Trinajstić information content (AvgIpc) is 2.38. The standard InChI is InChI=1S/C15H19F4N/c16-13-5-1-3-11(9-13)7-8-20-14-6-2-4-12(10-14)15(17,18)19/h1,3,5,9,12,14,20H,2,4,6-8,10H2. The minimum Gasteiger partial charge on any atom is -0.314 e. The van der Waals surface area contributed by atoms with Gasteiger partial charge in [0.1, 0.15) is 5.82 Å². The number of benzene rings is 1. The van der Waals surface area contributed by atoms with Crippen LogP contribution in [0.15, 0.2) is 24.3 Å². The van der Waals surface area contributed by atoms with Crippen molar-refractivity contribution >= 4 is 0 Å². The molecule has 0 amide bonds. The number of halogens is 4. The zero-order chi connectivity index (χ0) is 14.6. The third-order valence-corrected chi connectivity index (χ3v) is 3.87. The van der Waals surface area contributed by atoms with Crippen LogP contribution in [0.4, 0.5) is 17.6 Å². The van der Waals surface area contributed by atoms with Crippen LogP contribution in [0, 0.1) is 11.7 Å². The summed E-state index contributed by atoms with van der Waals surface area (Å²) in [5.74, 6) is -1.46. The van der Waals surface area contributed by atoms with Gasteiger partial charge in [-0.05, 0) is 49.9 Å². The molecular weight excluding hydrogens is 270 g/mol. The molecule has 0 aliphatic heterocycles. The summed E-state index contributed by atoms with van der Waals surface area (Å²) < 4.78 is 51.0. The average molecular weight is 289 g/mol. The van der Waals surface area contributed by atoms with E-state index in [4.69, 9.17) is 0 Å². The van der Waals surface area contributed by atoms with Crippen molar-refractivity contribution in [2.45, 2.75) is 44.3 Å². The van der Waals surface area contributed by atoms with Gasteiger partial charge in [-0.3, -0.25) is 0 Å². The maximum atomic E-state index is 13.0. The maximum absolute atomic E-state index is 13.0. The largest absolute Gasteiger partial charge is 0.391 e. The Labute approximate surface area is 116 Å². The summed E-state index contributed by atoms with van der Waals surface area (Å²) in [7, 11) is 0. The Morgan fingerprint density at radius 1 is 1.20 bits per heavy atom. The number of nitrogens with one attached hydrogen (secondary N) is 1. The van der Waals surface area contributed by atoms with E-state index in [1.54, 1.807) is 6.07 Å². The minimum absolute atomic E-state index is 0.0797. The predicted molar refractivity (Wildman–Crippen MR) is 69.9 cm³/mol. The van der Waals surface area contributed by atoms with E-state index in [2.05, 4.69) is 5.32 Å². The van der Waals surface area contributed by atoms with Crippen LogP contribution in [0.5, 0.6) is 0 Å². The van der Waals surface area contributed by atoms with Gasteiger partial charge in [-0.25, -0.2) is 4.39 Å². The Morgan fingerprint density at radius 2 is 2.00 bits per heavy atom. The van der Waals surface area contributed by atoms with Gasteiger partial charge in [0, 0.05) is 6.04 Å². The molecule has 1 aliphatic carbocycles. The molecule has 0 spiro atoms. The first-order valence-electron chi connectivity index (χ1n) is 6.99. The van der Waals surface area contributed by atoms with Gasteiger partial charge in [0.15, 0.2) is 0 Å². The molecule has 0 aromatic heterocycles. The summed E-state index contributed by atoms with van der Waals surface area (Å²) in [5.41, 5.74) is 0.862. The molecule has 1 aromatic rings. The third-order valence-electron chi connectivity index (χ3n) is 3.87. The van der Waals surface area contributed by atoms with E-state index >= 15 is 0 Å². The fourth-order valence-corrected chi connectivity index (χ4v) is 2.79. The lowest BCUT2D eigenvalue weighted by molar-refractivity contribution is -0.183. The Bertz CT molecular complexity index is 430. The second-order valence-electron chi connectivity index (χ2n) is 5.44. The van der Waals surface area contributed by atoms with Gasteiger partial charge in [0.2, 0.25) is 0 Å². The van der Waals surface area contributed by atoms with Crippen molar-refractivity contribution in [1.29, 1.82) is 0 Å². The van der Waals surface area contributed by atoms with Crippen LogP contribution in [0.1, 0.15) is 31.2 Å². The van der Waals surface area contributed by atoms with Crippen LogP contribution in [0.2, 0.25) is 0 Å². The highest BCUT2D eigenvalue weighted by Crippen LogP contribution is 2.37. The van der Waals surface area contributed by atoms with Gasteiger partial charge in [-0.2, -0.15) is 13.2 Å². The first-order chi connectivity index (χ1) is 9.45. The lowest BCUT2D eigenvalue weighted by Crippen LogP contribution is -2.39. The third kappa shape index (κ3) is 4.47. The number of hydrogen-bond acceptors (Lipinski definition) is 1. The topological polar surface area (TPSA) is 12.0 Å². The molecule has 2 atom stereocenters. The summed E-state index contributed by atoms with van der Waals surface area (Å²) in [4.78, 5) is 0. The first-order valence-corrected chi connectivity index (χ1v) is 6.99. The zero-order valence-corrected chi connectivity index (χ0v) is 11.2. The van der Waals surface area contributed by atoms with Gasteiger partial charge in [0.05, 0.1) is 5.92 Å². The molecule has 1 saturated carbocycles. The molecule has 1 fully saturated rings. The van der Waals surface area contributed by atoms with Gasteiger partial charge in [-0.15, -0.1) is 0 Å². The van der Waals surface area contributed by atoms with E-state index < -0.39 is 12.1 Å². The molecule has 1 aromatic carbocycles. The second-order valence-corrected chi connectivity index (χ2v) is 5.44. The van der Waals surface area contributed by atoms with Crippen molar-refractivity contribution in [3.63, 3.8) is 0 Å². The van der Waals surface area contributed by atoms with E-state index in [0.717, 1.165) is 12.0 Å². The molecule has 20 heavy (non-hydrogen) atoms. The van der Waals surface area contributed by atoms with Crippen LogP contribution < -0.4 is 5.32 Å². The van der Waals surface area contributed by atoms with Crippen molar-refractivity contribution < 1.29 is 17.6 Å². The molecule has 0 bridgehead atoms. The zero-order valence-electron chi connectivity index (χ0n) is 11.2. The highest BCUT2D eigenvalue weighted by Gasteiger charge is 2.41. The fourth-order valence-electron chi connectivity index (χ4n) is 2.79. The number of hydrogen-bond donors (Lipinski definition) is 1. The lowest BCUT2D eigenvalue weighted by Gasteiger charge is -2.31. The summed E-state index contributed by atoms with van der Waals surface area (Å²) in [6.45, 7) is 0.582. The van der Waals surface area contributed by atoms with Crippen LogP contribution in [-0.2, 0) is 6.42 Å². The Hall–Kier alpha value is -1.10. The normalized spacial score (nSPS) is 23.8. The molecule has 5 heteroatoms. The highest BCUT2D eigenvalue weighted by molar-refractivity contribution is 5.16. The fraction of sp³-hybridized carbons (Fsp3) is 0.600. The van der Waals surface area contributed by atoms with E-state index in [0.29, 0.717) is 19.4 Å². The van der Waals surface area contributed by atoms with E-state index in [1.807, 2.05) is 6.07 Å². The smallest absolute Gasteiger partial charge is 0.314 e. The Balaban J connectivity index is 1.76. The molecule has 1 N–H and O–H groups in total. The summed E-state index contributed by atoms with van der Waals surface area (Å²) in [6.07, 6.45) is -1.65. The maximum Gasteiger partial charge on any atom is 0.391 e. The molecular formula is C15H19F4N. The first kappa shape index (κ1) is 15.3. The lowest BCUT2D eigenvalue weighted by atomic mass is 9.85. The van der Waals surface area contributed by atoms with Crippen LogP contribution in [0.3, 0.4) is 0 Å². The van der Waals surface area contributed by atoms with Gasteiger partial charge in [-0.1, -0.05) is 18.6 Å². The van der Waals surface area contributed by atoms with Crippen molar-refractivity contribution in [2.75, 3.05) is 6.54 Å². The molecule has 112 valence electrons. The van der Waals surface area contributed by atoms with Crippen LogP contribution in [0.25, 0.3) is 0 Å². The number of rotatable bonds is 4. The molecule has 1 aliphatic rings. The SMILES string of the molecule is Fc1cccc(CCNC2CCCC(C(F)(F)F)C2)c1. The second kappa shape index (κ2) is 6.57. The van der Waals surface area contributed by atoms with Gasteiger partial charge >= 0.3 is 6.18 Å². The Kier molecular flexibility index (Phi) is 5.02. The van der Waals surface area contributed by atoms with E-state index in [1.165, 1.54) is 12.1 Å². The molecule has 0 saturated heterocycles. The van der Waals surface area contributed by atoms with Gasteiger partial charge < -0.3 is 5.32 Å². The quantitative estimate of drug-likeness (QED) is 0.824. The molecule has 2 rings (SSSR count). The van der Waals surface area contributed by atoms with E-state index in [9.17, 15) is 17.6 Å². The van der Waals surface area contributed by atoms with Crippen molar-refractivity contribution in [3.05, 3.63) is 35.6 Å². The molecule has 2 unspecified atom stereocenters. The summed E-state index contributed by atoms with van der Waals surface area (Å²) in [6, 6.07) is 6.23. The predicted octanol–water partition coefficient (Wildman–Crippen LogP) is 4.08. The summed E-state index contributed by atoms with van der Waals surface area (Å²) in [5, 5.41) is 3.17. The molecule has 0 radical (unpaired) electrons. The van der Waals surface area contributed by atoms with E-state index in [-0.39, 0.29) is 24.7 Å². The minimum atomic E-state index is -4.08. The molecule has 1 nitrogen and oxygen atoms in total. The monoisotopic (exact) mass is 289 g/mol. The van der Waals surface area contributed by atoms with Gasteiger partial charge in [0.25, 0.3) is 0 Å². The molecule has 0 heterocycles. The number of alkyl halides is 3. The van der Waals surface area contributed by atoms with Crippen LogP contribution in [-0.4, -0.2) is 18.8 Å². The van der Waals surface area contributed by atoms with Crippen molar-refractivity contribution in [3.8, 4) is 0 Å². The van der Waals surface area contributed by atoms with Crippen molar-refractivity contribution in [1.82, 2.24) is 5.32 Å².